The van der Waals surface area contributed by atoms with Crippen molar-refractivity contribution in [1.82, 2.24) is 10.2 Å². The normalized spacial score (nSPS) is 34.3. The van der Waals surface area contributed by atoms with E-state index < -0.39 is 0 Å². The lowest BCUT2D eigenvalue weighted by atomic mass is 9.89. The zero-order chi connectivity index (χ0) is 12.3. The fourth-order valence-corrected chi connectivity index (χ4v) is 2.40. The second-order valence-corrected chi connectivity index (χ2v) is 6.24. The first-order valence-corrected chi connectivity index (χ1v) is 6.85. The van der Waals surface area contributed by atoms with Crippen LogP contribution in [0.15, 0.2) is 0 Å². The van der Waals surface area contributed by atoms with Gasteiger partial charge in [-0.1, -0.05) is 27.7 Å². The van der Waals surface area contributed by atoms with Gasteiger partial charge in [0.05, 0.1) is 0 Å². The summed E-state index contributed by atoms with van der Waals surface area (Å²) in [6.07, 6.45) is 1.29. The molecule has 0 aromatic heterocycles. The third-order valence-electron chi connectivity index (χ3n) is 4.45. The maximum absolute atomic E-state index is 3.78. The first-order chi connectivity index (χ1) is 7.41. The number of nitrogens with one attached hydrogen (secondary N) is 1. The molecule has 1 aliphatic heterocycles. The Morgan fingerprint density at radius 1 is 1.25 bits per heavy atom. The fraction of sp³-hybridized carbons (Fsp3) is 1.00. The quantitative estimate of drug-likeness (QED) is 0.792. The topological polar surface area (TPSA) is 15.3 Å². The van der Waals surface area contributed by atoms with Crippen molar-refractivity contribution in [2.45, 2.75) is 53.1 Å². The van der Waals surface area contributed by atoms with Crippen LogP contribution in [0.1, 0.15) is 41.0 Å². The number of nitrogens with zero attached hydrogens (tertiary/aromatic N) is 1. The van der Waals surface area contributed by atoms with Gasteiger partial charge in [0, 0.05) is 18.6 Å². The molecule has 1 aliphatic rings. The molecule has 2 heteroatoms. The van der Waals surface area contributed by atoms with Gasteiger partial charge in [-0.3, -0.25) is 0 Å². The van der Waals surface area contributed by atoms with E-state index in [4.69, 9.17) is 0 Å². The van der Waals surface area contributed by atoms with Gasteiger partial charge in [0.1, 0.15) is 0 Å². The summed E-state index contributed by atoms with van der Waals surface area (Å²) in [6, 6.07) is 1.44. The highest BCUT2D eigenvalue weighted by molar-refractivity contribution is 4.86. The average molecular weight is 226 g/mol. The molecule has 0 bridgehead atoms. The van der Waals surface area contributed by atoms with E-state index in [1.54, 1.807) is 0 Å². The molecule has 1 saturated heterocycles. The number of hydrogen-bond acceptors (Lipinski definition) is 2. The molecule has 0 aliphatic carbocycles. The molecule has 0 amide bonds. The van der Waals surface area contributed by atoms with Gasteiger partial charge in [-0.25, -0.2) is 0 Å². The number of likely N-dealkylation sites (tertiary alicyclic amines) is 1. The largest absolute Gasteiger partial charge is 0.313 e. The van der Waals surface area contributed by atoms with Crippen LogP contribution in [0.5, 0.6) is 0 Å². The van der Waals surface area contributed by atoms with Crippen LogP contribution >= 0.6 is 0 Å². The van der Waals surface area contributed by atoms with Crippen molar-refractivity contribution >= 4 is 0 Å². The van der Waals surface area contributed by atoms with E-state index in [-0.39, 0.29) is 0 Å². The first-order valence-electron chi connectivity index (χ1n) is 6.85. The Morgan fingerprint density at radius 2 is 1.88 bits per heavy atom. The molecule has 16 heavy (non-hydrogen) atoms. The lowest BCUT2D eigenvalue weighted by molar-refractivity contribution is 0.118. The Kier molecular flexibility index (Phi) is 5.26. The van der Waals surface area contributed by atoms with E-state index in [1.807, 2.05) is 0 Å². The second kappa shape index (κ2) is 6.02. The Morgan fingerprint density at radius 3 is 2.44 bits per heavy atom. The molecule has 1 fully saturated rings. The van der Waals surface area contributed by atoms with Gasteiger partial charge in [-0.15, -0.1) is 0 Å². The molecule has 2 nitrogen and oxygen atoms in total. The van der Waals surface area contributed by atoms with Crippen molar-refractivity contribution < 1.29 is 0 Å². The van der Waals surface area contributed by atoms with Gasteiger partial charge in [-0.2, -0.15) is 0 Å². The third kappa shape index (κ3) is 3.74. The second-order valence-electron chi connectivity index (χ2n) is 6.24. The van der Waals surface area contributed by atoms with Crippen LogP contribution in [0, 0.1) is 17.8 Å². The highest BCUT2D eigenvalue weighted by Gasteiger charge is 2.28. The fourth-order valence-electron chi connectivity index (χ4n) is 2.40. The Hall–Kier alpha value is -0.0800. The maximum Gasteiger partial charge on any atom is 0.0120 e. The molecule has 1 heterocycles. The molecule has 0 saturated carbocycles. The average Bonchev–Trinajstić information content (AvgIpc) is 2.20. The van der Waals surface area contributed by atoms with Gasteiger partial charge >= 0.3 is 0 Å². The van der Waals surface area contributed by atoms with Gasteiger partial charge in [0.25, 0.3) is 0 Å². The highest BCUT2D eigenvalue weighted by atomic mass is 15.2. The van der Waals surface area contributed by atoms with E-state index in [0.717, 1.165) is 23.8 Å². The van der Waals surface area contributed by atoms with Crippen LogP contribution in [-0.4, -0.2) is 37.1 Å². The van der Waals surface area contributed by atoms with Crippen LogP contribution in [0.25, 0.3) is 0 Å². The molecule has 0 radical (unpaired) electrons. The van der Waals surface area contributed by atoms with Crippen LogP contribution in [-0.2, 0) is 0 Å². The molecule has 4 atom stereocenters. The maximum atomic E-state index is 3.78. The molecular formula is C14H30N2. The predicted molar refractivity (Wildman–Crippen MR) is 71.7 cm³/mol. The molecular weight excluding hydrogens is 196 g/mol. The molecule has 4 unspecified atom stereocenters. The summed E-state index contributed by atoms with van der Waals surface area (Å²) >= 11 is 0. The number of piperidine rings is 1. The summed E-state index contributed by atoms with van der Waals surface area (Å²) in [5.41, 5.74) is 0. The summed E-state index contributed by atoms with van der Waals surface area (Å²) in [6.45, 7) is 14.1. The molecule has 96 valence electrons. The SMILES string of the molecule is CC(C)C(C)CNC1CC(C)N(C)CC1C. The standard InChI is InChI=1S/C14H30N2/c1-10(2)11(3)8-15-14-7-13(5)16(6)9-12(14)4/h10-15H,7-9H2,1-6H3. The van der Waals surface area contributed by atoms with Gasteiger partial charge < -0.3 is 10.2 Å². The van der Waals surface area contributed by atoms with Crippen molar-refractivity contribution in [3.05, 3.63) is 0 Å². The lowest BCUT2D eigenvalue weighted by Crippen LogP contribution is -2.51. The summed E-state index contributed by atoms with van der Waals surface area (Å²) in [5.74, 6) is 2.34. The van der Waals surface area contributed by atoms with E-state index in [9.17, 15) is 0 Å². The Bertz CT molecular complexity index is 203. The van der Waals surface area contributed by atoms with Crippen LogP contribution < -0.4 is 5.32 Å². The number of rotatable bonds is 4. The van der Waals surface area contributed by atoms with Crippen molar-refractivity contribution in [2.75, 3.05) is 20.1 Å². The van der Waals surface area contributed by atoms with Crippen LogP contribution in [0.3, 0.4) is 0 Å². The first kappa shape index (κ1) is 14.0. The van der Waals surface area contributed by atoms with Gasteiger partial charge in [0.2, 0.25) is 0 Å². The smallest absolute Gasteiger partial charge is 0.0120 e. The van der Waals surface area contributed by atoms with E-state index in [2.05, 4.69) is 51.9 Å². The molecule has 0 spiro atoms. The third-order valence-corrected chi connectivity index (χ3v) is 4.45. The summed E-state index contributed by atoms with van der Waals surface area (Å²) < 4.78 is 0. The Labute approximate surface area is 102 Å². The summed E-state index contributed by atoms with van der Waals surface area (Å²) in [7, 11) is 2.24. The van der Waals surface area contributed by atoms with Crippen molar-refractivity contribution in [1.29, 1.82) is 0 Å². The summed E-state index contributed by atoms with van der Waals surface area (Å²) in [4.78, 5) is 2.48. The minimum atomic E-state index is 0.715. The Balaban J connectivity index is 2.36. The summed E-state index contributed by atoms with van der Waals surface area (Å²) in [5, 5.41) is 3.78. The number of hydrogen-bond donors (Lipinski definition) is 1. The van der Waals surface area contributed by atoms with Gasteiger partial charge in [0.15, 0.2) is 0 Å². The molecule has 1 N–H and O–H groups in total. The van der Waals surface area contributed by atoms with Crippen molar-refractivity contribution in [3.8, 4) is 0 Å². The minimum absolute atomic E-state index is 0.715. The molecule has 0 aromatic rings. The van der Waals surface area contributed by atoms with E-state index >= 15 is 0 Å². The molecule has 1 rings (SSSR count). The zero-order valence-electron chi connectivity index (χ0n) is 12.0. The minimum Gasteiger partial charge on any atom is -0.313 e. The zero-order valence-corrected chi connectivity index (χ0v) is 12.0. The van der Waals surface area contributed by atoms with E-state index in [0.29, 0.717) is 6.04 Å². The van der Waals surface area contributed by atoms with Crippen molar-refractivity contribution in [3.63, 3.8) is 0 Å². The van der Waals surface area contributed by atoms with Crippen LogP contribution in [0.2, 0.25) is 0 Å². The van der Waals surface area contributed by atoms with E-state index in [1.165, 1.54) is 19.5 Å². The van der Waals surface area contributed by atoms with Crippen molar-refractivity contribution in [2.24, 2.45) is 17.8 Å². The lowest BCUT2D eigenvalue weighted by Gasteiger charge is -2.40. The predicted octanol–water partition coefficient (Wildman–Crippen LogP) is 2.60. The van der Waals surface area contributed by atoms with Crippen LogP contribution in [0.4, 0.5) is 0 Å². The highest BCUT2D eigenvalue weighted by Crippen LogP contribution is 2.21. The monoisotopic (exact) mass is 226 g/mol. The van der Waals surface area contributed by atoms with Gasteiger partial charge in [-0.05, 0) is 44.7 Å². The molecule has 0 aromatic carbocycles.